The number of amides is 1. The third-order valence-corrected chi connectivity index (χ3v) is 4.40. The van der Waals surface area contributed by atoms with E-state index in [2.05, 4.69) is 25.6 Å². The zero-order chi connectivity index (χ0) is 20.9. The van der Waals surface area contributed by atoms with E-state index in [1.54, 1.807) is 18.3 Å². The molecule has 7 heteroatoms. The van der Waals surface area contributed by atoms with E-state index in [1.807, 2.05) is 62.4 Å². The minimum atomic E-state index is -0.341. The molecular formula is C23H21N5O2. The van der Waals surface area contributed by atoms with Crippen LogP contribution in [0.5, 0.6) is 5.75 Å². The molecule has 0 atom stereocenters. The molecule has 1 amide bonds. The number of aromatic nitrogens is 3. The lowest BCUT2D eigenvalue weighted by atomic mass is 10.2. The Labute approximate surface area is 174 Å². The number of rotatable bonds is 6. The van der Waals surface area contributed by atoms with Crippen LogP contribution in [0.1, 0.15) is 23.1 Å². The van der Waals surface area contributed by atoms with Gasteiger partial charge in [-0.1, -0.05) is 30.3 Å². The molecule has 0 saturated heterocycles. The summed E-state index contributed by atoms with van der Waals surface area (Å²) < 4.78 is 5.57. The minimum absolute atomic E-state index is 0.254. The highest BCUT2D eigenvalue weighted by Gasteiger charge is 2.14. The van der Waals surface area contributed by atoms with Gasteiger partial charge in [0.05, 0.1) is 23.5 Å². The second-order valence-electron chi connectivity index (χ2n) is 6.61. The van der Waals surface area contributed by atoms with Gasteiger partial charge >= 0.3 is 0 Å². The van der Waals surface area contributed by atoms with Gasteiger partial charge in [0.25, 0.3) is 5.91 Å². The number of nitrogens with zero attached hydrogens (tertiary/aromatic N) is 3. The van der Waals surface area contributed by atoms with E-state index < -0.39 is 0 Å². The van der Waals surface area contributed by atoms with Crippen molar-refractivity contribution in [1.29, 1.82) is 0 Å². The summed E-state index contributed by atoms with van der Waals surface area (Å²) in [7, 11) is 0. The van der Waals surface area contributed by atoms with Crippen LogP contribution in [0.25, 0.3) is 10.9 Å². The fourth-order valence-electron chi connectivity index (χ4n) is 3.10. The van der Waals surface area contributed by atoms with Gasteiger partial charge in [-0.25, -0.2) is 9.97 Å². The molecule has 2 aromatic carbocycles. The van der Waals surface area contributed by atoms with Crippen molar-refractivity contribution in [3.8, 4) is 5.75 Å². The van der Waals surface area contributed by atoms with Gasteiger partial charge in [0.15, 0.2) is 0 Å². The van der Waals surface area contributed by atoms with Gasteiger partial charge in [-0.3, -0.25) is 9.78 Å². The molecule has 150 valence electrons. The molecule has 0 bridgehead atoms. The summed E-state index contributed by atoms with van der Waals surface area (Å²) in [6, 6.07) is 18.6. The summed E-state index contributed by atoms with van der Waals surface area (Å²) in [5, 5.41) is 7.05. The Morgan fingerprint density at radius 1 is 1.00 bits per heavy atom. The molecule has 7 nitrogen and oxygen atoms in total. The maximum Gasteiger partial charge on any atom is 0.274 e. The first-order valence-electron chi connectivity index (χ1n) is 9.63. The van der Waals surface area contributed by atoms with Crippen LogP contribution >= 0.6 is 0 Å². The second-order valence-corrected chi connectivity index (χ2v) is 6.61. The lowest BCUT2D eigenvalue weighted by molar-refractivity contribution is 0.102. The van der Waals surface area contributed by atoms with Crippen molar-refractivity contribution in [3.63, 3.8) is 0 Å². The number of pyridine rings is 1. The average Bonchev–Trinajstić information content (AvgIpc) is 2.75. The van der Waals surface area contributed by atoms with Gasteiger partial charge in [0, 0.05) is 17.3 Å². The van der Waals surface area contributed by atoms with Crippen LogP contribution in [0.3, 0.4) is 0 Å². The lowest BCUT2D eigenvalue weighted by Gasteiger charge is -2.12. The first-order chi connectivity index (χ1) is 14.6. The van der Waals surface area contributed by atoms with Crippen molar-refractivity contribution in [2.24, 2.45) is 0 Å². The third kappa shape index (κ3) is 4.20. The largest absolute Gasteiger partial charge is 0.492 e. The Kier molecular flexibility index (Phi) is 5.52. The molecule has 2 aromatic heterocycles. The predicted octanol–water partition coefficient (Wildman–Crippen LogP) is 4.73. The molecule has 0 aliphatic carbocycles. The molecular weight excluding hydrogens is 378 g/mol. The standard InChI is InChI=1S/C23H21N5O2/c1-3-30-20-12-5-4-10-17(20)26-22(29)19-14-15(2)25-23(28-19)27-18-11-6-8-16-9-7-13-24-21(16)18/h4-14H,3H2,1-2H3,(H,26,29)(H,25,27,28). The maximum absolute atomic E-state index is 12.8. The van der Waals surface area contributed by atoms with Crippen LogP contribution in [0.2, 0.25) is 0 Å². The zero-order valence-electron chi connectivity index (χ0n) is 16.7. The number of carbonyl (C=O) groups excluding carboxylic acids is 1. The topological polar surface area (TPSA) is 89.0 Å². The van der Waals surface area contributed by atoms with E-state index in [4.69, 9.17) is 4.74 Å². The van der Waals surface area contributed by atoms with E-state index in [1.165, 1.54) is 0 Å². The van der Waals surface area contributed by atoms with Crippen LogP contribution in [-0.4, -0.2) is 27.5 Å². The van der Waals surface area contributed by atoms with Gasteiger partial charge in [0.2, 0.25) is 5.95 Å². The maximum atomic E-state index is 12.8. The molecule has 4 rings (SSSR count). The van der Waals surface area contributed by atoms with Crippen LogP contribution in [0, 0.1) is 6.92 Å². The Hall–Kier alpha value is -4.00. The predicted molar refractivity (Wildman–Crippen MR) is 117 cm³/mol. The van der Waals surface area contributed by atoms with E-state index in [9.17, 15) is 4.79 Å². The molecule has 0 aliphatic heterocycles. The number of hydrogen-bond acceptors (Lipinski definition) is 6. The first-order valence-corrected chi connectivity index (χ1v) is 9.63. The number of ether oxygens (including phenoxy) is 1. The quantitative estimate of drug-likeness (QED) is 0.487. The highest BCUT2D eigenvalue weighted by Crippen LogP contribution is 2.25. The minimum Gasteiger partial charge on any atom is -0.492 e. The van der Waals surface area contributed by atoms with E-state index in [0.717, 1.165) is 16.6 Å². The summed E-state index contributed by atoms with van der Waals surface area (Å²) in [5.74, 6) is 0.599. The normalized spacial score (nSPS) is 10.6. The van der Waals surface area contributed by atoms with Crippen molar-refractivity contribution < 1.29 is 9.53 Å². The van der Waals surface area contributed by atoms with Crippen molar-refractivity contribution in [2.75, 3.05) is 17.2 Å². The molecule has 2 N–H and O–H groups in total. The van der Waals surface area contributed by atoms with Crippen LogP contribution in [-0.2, 0) is 0 Å². The molecule has 4 aromatic rings. The molecule has 0 radical (unpaired) electrons. The van der Waals surface area contributed by atoms with E-state index >= 15 is 0 Å². The number of fused-ring (bicyclic) bond motifs is 1. The van der Waals surface area contributed by atoms with Crippen molar-refractivity contribution in [1.82, 2.24) is 15.0 Å². The van der Waals surface area contributed by atoms with E-state index in [-0.39, 0.29) is 11.6 Å². The SMILES string of the molecule is CCOc1ccccc1NC(=O)c1cc(C)nc(Nc2cccc3cccnc23)n1. The second kappa shape index (κ2) is 8.57. The van der Waals surface area contributed by atoms with Crippen molar-refractivity contribution in [2.45, 2.75) is 13.8 Å². The van der Waals surface area contributed by atoms with Crippen molar-refractivity contribution >= 4 is 34.1 Å². The number of hydrogen-bond donors (Lipinski definition) is 2. The Morgan fingerprint density at radius 3 is 2.67 bits per heavy atom. The summed E-state index contributed by atoms with van der Waals surface area (Å²) in [5.41, 5.74) is 3.09. The average molecular weight is 399 g/mol. The first kappa shape index (κ1) is 19.3. The molecule has 30 heavy (non-hydrogen) atoms. The zero-order valence-corrected chi connectivity index (χ0v) is 16.7. The summed E-state index contributed by atoms with van der Waals surface area (Å²) >= 11 is 0. The number of benzene rings is 2. The fraction of sp³-hybridized carbons (Fsp3) is 0.130. The number of carbonyl (C=O) groups is 1. The van der Waals surface area contributed by atoms with Gasteiger partial charge in [0.1, 0.15) is 11.4 Å². The van der Waals surface area contributed by atoms with Gasteiger partial charge < -0.3 is 15.4 Å². The number of nitrogens with one attached hydrogen (secondary N) is 2. The Bertz CT molecular complexity index is 1200. The molecule has 2 heterocycles. The molecule has 0 saturated carbocycles. The van der Waals surface area contributed by atoms with Crippen LogP contribution in [0.4, 0.5) is 17.3 Å². The highest BCUT2D eigenvalue weighted by atomic mass is 16.5. The summed E-state index contributed by atoms with van der Waals surface area (Å²) in [4.78, 5) is 26.1. The molecule has 0 spiro atoms. The third-order valence-electron chi connectivity index (χ3n) is 4.40. The van der Waals surface area contributed by atoms with Crippen LogP contribution in [0.15, 0.2) is 66.9 Å². The monoisotopic (exact) mass is 399 g/mol. The lowest BCUT2D eigenvalue weighted by Crippen LogP contribution is -2.16. The van der Waals surface area contributed by atoms with Gasteiger partial charge in [-0.15, -0.1) is 0 Å². The smallest absolute Gasteiger partial charge is 0.274 e. The molecule has 0 aliphatic rings. The van der Waals surface area contributed by atoms with Gasteiger partial charge in [-0.05, 0) is 44.2 Å². The Morgan fingerprint density at radius 2 is 1.80 bits per heavy atom. The molecule has 0 unspecified atom stereocenters. The van der Waals surface area contributed by atoms with Gasteiger partial charge in [-0.2, -0.15) is 0 Å². The van der Waals surface area contributed by atoms with Crippen molar-refractivity contribution in [3.05, 3.63) is 78.2 Å². The number of anilines is 3. The fourth-order valence-corrected chi connectivity index (χ4v) is 3.10. The number of para-hydroxylation sites is 3. The summed E-state index contributed by atoms with van der Waals surface area (Å²) in [6.45, 7) is 4.22. The molecule has 0 fully saturated rings. The van der Waals surface area contributed by atoms with E-state index in [0.29, 0.717) is 29.7 Å². The van der Waals surface area contributed by atoms with Crippen LogP contribution < -0.4 is 15.4 Å². The summed E-state index contributed by atoms with van der Waals surface area (Å²) in [6.07, 6.45) is 1.74. The highest BCUT2D eigenvalue weighted by molar-refractivity contribution is 6.04. The Balaban J connectivity index is 1.61. The number of aryl methyl sites for hydroxylation is 1.